The van der Waals surface area contributed by atoms with Crippen molar-refractivity contribution in [2.45, 2.75) is 79.5 Å². The monoisotopic (exact) mass is 611 g/mol. The number of halogens is 8. The maximum Gasteiger partial charge on any atom is 0.430 e. The van der Waals surface area contributed by atoms with Crippen molar-refractivity contribution in [1.29, 1.82) is 0 Å². The van der Waals surface area contributed by atoms with Crippen molar-refractivity contribution in [3.63, 3.8) is 0 Å². The van der Waals surface area contributed by atoms with E-state index in [2.05, 4.69) is 0 Å². The van der Waals surface area contributed by atoms with Crippen LogP contribution in [0.5, 0.6) is 0 Å². The molecule has 2 aromatic carbocycles. The van der Waals surface area contributed by atoms with Crippen molar-refractivity contribution in [3.8, 4) is 0 Å². The molecule has 13 heteroatoms. The number of benzene rings is 2. The lowest BCUT2D eigenvalue weighted by atomic mass is 9.71. The molecule has 1 aliphatic heterocycles. The van der Waals surface area contributed by atoms with E-state index in [9.17, 15) is 45.2 Å². The quantitative estimate of drug-likeness (QED) is 0.287. The van der Waals surface area contributed by atoms with E-state index in [-0.39, 0.29) is 41.9 Å². The standard InChI is InChI=1S/C28H29F8NO3S/c1-2-24(12-4-3-5-13-24)23(38)37-15-14-25(17-37,41(40)20-9-7-19(29)8-10-20)18-6-11-21(22(30)16-18)26(39,27(31,32)33)28(34,35)36/h6-11,16,39H,2-5,12-15,17H2,1H3/t25-,41?/m0/s1. The van der Waals surface area contributed by atoms with Gasteiger partial charge < -0.3 is 14.6 Å². The second kappa shape index (κ2) is 11.0. The number of hydrogen-bond acceptors (Lipinski definition) is 3. The largest absolute Gasteiger partial charge is 0.611 e. The molecule has 226 valence electrons. The van der Waals surface area contributed by atoms with E-state index in [0.717, 1.165) is 37.5 Å². The van der Waals surface area contributed by atoms with Crippen LogP contribution in [0.25, 0.3) is 0 Å². The number of hydrogen-bond donors (Lipinski definition) is 1. The average molecular weight is 612 g/mol. The summed E-state index contributed by atoms with van der Waals surface area (Å²) in [6.07, 6.45) is -8.16. The molecule has 4 nitrogen and oxygen atoms in total. The van der Waals surface area contributed by atoms with Crippen molar-refractivity contribution in [2.24, 2.45) is 5.41 Å². The fourth-order valence-electron chi connectivity index (χ4n) is 6.07. The molecular weight excluding hydrogens is 582 g/mol. The Morgan fingerprint density at radius 2 is 1.54 bits per heavy atom. The van der Waals surface area contributed by atoms with E-state index in [4.69, 9.17) is 0 Å². The molecule has 0 bridgehead atoms. The predicted molar refractivity (Wildman–Crippen MR) is 134 cm³/mol. The smallest absolute Gasteiger partial charge is 0.430 e. The van der Waals surface area contributed by atoms with Crippen LogP contribution in [0, 0.1) is 17.0 Å². The van der Waals surface area contributed by atoms with Crippen LogP contribution in [-0.4, -0.2) is 45.9 Å². The lowest BCUT2D eigenvalue weighted by Gasteiger charge is -2.39. The summed E-state index contributed by atoms with van der Waals surface area (Å²) in [4.78, 5) is 15.3. The molecule has 0 spiro atoms. The first-order chi connectivity index (χ1) is 19.0. The fourth-order valence-corrected chi connectivity index (χ4v) is 7.80. The third kappa shape index (κ3) is 5.33. The number of likely N-dealkylation sites (tertiary alicyclic amines) is 1. The number of alkyl halides is 6. The normalized spacial score (nSPS) is 22.6. The van der Waals surface area contributed by atoms with Gasteiger partial charge in [-0.3, -0.25) is 4.79 Å². The first-order valence-corrected chi connectivity index (χ1v) is 14.3. The van der Waals surface area contributed by atoms with Gasteiger partial charge in [0, 0.05) is 29.5 Å². The summed E-state index contributed by atoms with van der Waals surface area (Å²) in [5.74, 6) is -2.84. The topological polar surface area (TPSA) is 63.6 Å². The maximum atomic E-state index is 15.2. The number of aliphatic hydroxyl groups is 1. The maximum absolute atomic E-state index is 15.2. The minimum Gasteiger partial charge on any atom is -0.611 e. The second-order valence-corrected chi connectivity index (χ2v) is 12.6. The third-order valence-electron chi connectivity index (χ3n) is 8.55. The Bertz CT molecular complexity index is 1250. The van der Waals surface area contributed by atoms with Crippen LogP contribution >= 0.6 is 0 Å². The molecule has 1 N–H and O–H groups in total. The number of nitrogens with zero attached hydrogens (tertiary/aromatic N) is 1. The highest BCUT2D eigenvalue weighted by atomic mass is 32.2. The van der Waals surface area contributed by atoms with E-state index >= 15 is 4.39 Å². The molecule has 2 aliphatic rings. The summed E-state index contributed by atoms with van der Waals surface area (Å²) >= 11 is -2.14. The average Bonchev–Trinajstić information content (AvgIpc) is 3.38. The van der Waals surface area contributed by atoms with E-state index < -0.39 is 56.5 Å². The summed E-state index contributed by atoms with van der Waals surface area (Å²) in [7, 11) is 0. The van der Waals surface area contributed by atoms with Gasteiger partial charge in [0.2, 0.25) is 5.91 Å². The molecule has 1 saturated heterocycles. The van der Waals surface area contributed by atoms with Gasteiger partial charge in [0.1, 0.15) is 11.6 Å². The third-order valence-corrected chi connectivity index (χ3v) is 10.5. The molecule has 1 amide bonds. The summed E-state index contributed by atoms with van der Waals surface area (Å²) in [6, 6.07) is 5.85. The van der Waals surface area contributed by atoms with Crippen LogP contribution in [0.2, 0.25) is 0 Å². The van der Waals surface area contributed by atoms with Gasteiger partial charge >= 0.3 is 12.4 Å². The first kappa shape index (κ1) is 31.6. The predicted octanol–water partition coefficient (Wildman–Crippen LogP) is 6.87. The van der Waals surface area contributed by atoms with Crippen molar-refractivity contribution in [2.75, 3.05) is 13.1 Å². The molecule has 41 heavy (non-hydrogen) atoms. The van der Waals surface area contributed by atoms with Gasteiger partial charge in [-0.1, -0.05) is 38.3 Å². The van der Waals surface area contributed by atoms with Crippen LogP contribution in [0.4, 0.5) is 35.1 Å². The highest BCUT2D eigenvalue weighted by molar-refractivity contribution is 7.92. The Morgan fingerprint density at radius 1 is 0.951 bits per heavy atom. The van der Waals surface area contributed by atoms with Crippen LogP contribution < -0.4 is 0 Å². The van der Waals surface area contributed by atoms with Gasteiger partial charge in [-0.05, 0) is 60.8 Å². The minimum absolute atomic E-state index is 0.0515. The molecule has 4 rings (SSSR count). The fraction of sp³-hybridized carbons (Fsp3) is 0.536. The molecule has 1 heterocycles. The number of rotatable bonds is 6. The number of carbonyl (C=O) groups is 1. The first-order valence-electron chi connectivity index (χ1n) is 13.2. The van der Waals surface area contributed by atoms with E-state index in [1.165, 1.54) is 17.0 Å². The molecule has 0 aromatic heterocycles. The summed E-state index contributed by atoms with van der Waals surface area (Å²) < 4.78 is 122. The number of carbonyl (C=O) groups excluding carboxylic acids is 1. The molecule has 2 aromatic rings. The summed E-state index contributed by atoms with van der Waals surface area (Å²) in [5.41, 5.74) is -8.41. The SMILES string of the molecule is CCC1(C(=O)N2CC[C@](c3ccc(C(O)(C(F)(F)F)C(F)(F)F)c(F)c3)([S+]([O-])c3ccc(F)cc3)C2)CCCCC1. The van der Waals surface area contributed by atoms with Crippen molar-refractivity contribution in [1.82, 2.24) is 4.90 Å². The van der Waals surface area contributed by atoms with Gasteiger partial charge in [0.15, 0.2) is 9.64 Å². The minimum atomic E-state index is -6.30. The Kier molecular flexibility index (Phi) is 8.49. The van der Waals surface area contributed by atoms with E-state index in [0.29, 0.717) is 25.3 Å². The highest BCUT2D eigenvalue weighted by Crippen LogP contribution is 2.52. The summed E-state index contributed by atoms with van der Waals surface area (Å²) in [5, 5.41) is 9.75. The zero-order valence-electron chi connectivity index (χ0n) is 22.0. The molecular formula is C28H29F8NO3S. The van der Waals surface area contributed by atoms with Crippen LogP contribution in [0.1, 0.15) is 63.0 Å². The Morgan fingerprint density at radius 3 is 2.05 bits per heavy atom. The molecule has 0 radical (unpaired) electrons. The van der Waals surface area contributed by atoms with Gasteiger partial charge in [-0.25, -0.2) is 8.78 Å². The molecule has 1 aliphatic carbocycles. The van der Waals surface area contributed by atoms with Crippen LogP contribution in [0.15, 0.2) is 47.4 Å². The van der Waals surface area contributed by atoms with E-state index in [1.807, 2.05) is 6.92 Å². The second-order valence-electron chi connectivity index (χ2n) is 10.8. The van der Waals surface area contributed by atoms with Crippen molar-refractivity contribution in [3.05, 3.63) is 65.2 Å². The molecule has 2 atom stereocenters. The molecule has 1 unspecified atom stereocenters. The lowest BCUT2D eigenvalue weighted by Crippen LogP contribution is -2.54. The Labute approximate surface area is 234 Å². The number of amides is 1. The van der Waals surface area contributed by atoms with Crippen LogP contribution in [-0.2, 0) is 26.3 Å². The molecule has 2 fully saturated rings. The lowest BCUT2D eigenvalue weighted by molar-refractivity contribution is -0.377. The highest BCUT2D eigenvalue weighted by Gasteiger charge is 2.72. The van der Waals surface area contributed by atoms with E-state index in [1.54, 1.807) is 0 Å². The zero-order chi connectivity index (χ0) is 30.4. The zero-order valence-corrected chi connectivity index (χ0v) is 22.9. The van der Waals surface area contributed by atoms with Crippen molar-refractivity contribution >= 4 is 17.1 Å². The van der Waals surface area contributed by atoms with Gasteiger partial charge in [-0.15, -0.1) is 0 Å². The van der Waals surface area contributed by atoms with Crippen LogP contribution in [0.3, 0.4) is 0 Å². The Balaban J connectivity index is 1.81. The Hall–Kier alpha value is -2.38. The van der Waals surface area contributed by atoms with Gasteiger partial charge in [0.25, 0.3) is 5.60 Å². The van der Waals surface area contributed by atoms with Gasteiger partial charge in [-0.2, -0.15) is 26.3 Å². The summed E-state index contributed by atoms with van der Waals surface area (Å²) in [6.45, 7) is 1.70. The van der Waals surface area contributed by atoms with Gasteiger partial charge in [0.05, 0.1) is 6.54 Å². The molecule has 1 saturated carbocycles. The van der Waals surface area contributed by atoms with Crippen molar-refractivity contribution < 1.29 is 49.6 Å².